The van der Waals surface area contributed by atoms with Gasteiger partial charge in [-0.25, -0.2) is 0 Å². The van der Waals surface area contributed by atoms with Gasteiger partial charge in [0, 0.05) is 25.8 Å². The average Bonchev–Trinajstić information content (AvgIpc) is 3.51. The summed E-state index contributed by atoms with van der Waals surface area (Å²) in [7, 11) is 1.64. The van der Waals surface area contributed by atoms with Crippen LogP contribution in [0.25, 0.3) is 11.4 Å². The Labute approximate surface area is 203 Å². The van der Waals surface area contributed by atoms with Crippen molar-refractivity contribution in [2.75, 3.05) is 26.0 Å². The van der Waals surface area contributed by atoms with Gasteiger partial charge in [0.1, 0.15) is 5.76 Å². The van der Waals surface area contributed by atoms with Gasteiger partial charge < -0.3 is 14.1 Å². The standard InChI is InChI=1S/C26H28N4O3S/c1-20-8-6-11-22(16-20)25-27-28-26(30(25)18-23-12-7-14-33-23)34-19-24(31)29(13-15-32-2)17-21-9-4-3-5-10-21/h3-12,14,16H,13,15,17-19H2,1-2H3. The van der Waals surface area contributed by atoms with Crippen LogP contribution < -0.4 is 0 Å². The van der Waals surface area contributed by atoms with Crippen molar-refractivity contribution in [1.82, 2.24) is 19.7 Å². The van der Waals surface area contributed by atoms with E-state index in [9.17, 15) is 4.79 Å². The molecule has 0 fully saturated rings. The maximum Gasteiger partial charge on any atom is 0.233 e. The molecule has 1 amide bonds. The average molecular weight is 477 g/mol. The van der Waals surface area contributed by atoms with Crippen LogP contribution >= 0.6 is 11.8 Å². The van der Waals surface area contributed by atoms with E-state index in [0.29, 0.717) is 31.4 Å². The number of thioether (sulfide) groups is 1. The van der Waals surface area contributed by atoms with E-state index in [1.165, 1.54) is 11.8 Å². The molecule has 0 unspecified atom stereocenters. The lowest BCUT2D eigenvalue weighted by Crippen LogP contribution is -2.34. The number of methoxy groups -OCH3 is 1. The molecule has 4 rings (SSSR count). The predicted molar refractivity (Wildman–Crippen MR) is 132 cm³/mol. The summed E-state index contributed by atoms with van der Waals surface area (Å²) in [5.41, 5.74) is 3.20. The summed E-state index contributed by atoms with van der Waals surface area (Å²) >= 11 is 1.38. The third-order valence-corrected chi connectivity index (χ3v) is 6.30. The van der Waals surface area contributed by atoms with Crippen LogP contribution in [0.3, 0.4) is 0 Å². The second kappa shape index (κ2) is 11.7. The Morgan fingerprint density at radius 1 is 1.09 bits per heavy atom. The van der Waals surface area contributed by atoms with Crippen molar-refractivity contribution in [2.24, 2.45) is 0 Å². The molecule has 2 aromatic heterocycles. The number of furan rings is 1. The fourth-order valence-corrected chi connectivity index (χ4v) is 4.45. The molecule has 2 aromatic carbocycles. The van der Waals surface area contributed by atoms with E-state index in [2.05, 4.69) is 16.3 Å². The van der Waals surface area contributed by atoms with Crippen LogP contribution in [0.2, 0.25) is 0 Å². The molecule has 0 aliphatic carbocycles. The minimum atomic E-state index is 0.0237. The smallest absolute Gasteiger partial charge is 0.233 e. The van der Waals surface area contributed by atoms with Crippen molar-refractivity contribution < 1.29 is 13.9 Å². The Morgan fingerprint density at radius 3 is 2.68 bits per heavy atom. The van der Waals surface area contributed by atoms with Crippen LogP contribution in [-0.2, 0) is 22.6 Å². The molecule has 0 bridgehead atoms. The molecular formula is C26H28N4O3S. The molecule has 0 saturated heterocycles. The van der Waals surface area contributed by atoms with Gasteiger partial charge in [0.05, 0.1) is 25.2 Å². The highest BCUT2D eigenvalue weighted by Crippen LogP contribution is 2.26. The zero-order valence-electron chi connectivity index (χ0n) is 19.4. The first-order chi connectivity index (χ1) is 16.6. The zero-order chi connectivity index (χ0) is 23.8. The van der Waals surface area contributed by atoms with Crippen molar-refractivity contribution in [3.63, 3.8) is 0 Å². The fourth-order valence-electron chi connectivity index (χ4n) is 3.61. The van der Waals surface area contributed by atoms with Gasteiger partial charge >= 0.3 is 0 Å². The van der Waals surface area contributed by atoms with Crippen LogP contribution in [0.15, 0.2) is 82.6 Å². The van der Waals surface area contributed by atoms with E-state index in [0.717, 1.165) is 28.3 Å². The number of hydrogen-bond donors (Lipinski definition) is 0. The molecule has 0 aliphatic rings. The third kappa shape index (κ3) is 6.15. The van der Waals surface area contributed by atoms with Crippen molar-refractivity contribution in [1.29, 1.82) is 0 Å². The quantitative estimate of drug-likeness (QED) is 0.293. The zero-order valence-corrected chi connectivity index (χ0v) is 20.2. The Hall–Kier alpha value is -3.36. The molecule has 0 radical (unpaired) electrons. The lowest BCUT2D eigenvalue weighted by Gasteiger charge is -2.22. The lowest BCUT2D eigenvalue weighted by molar-refractivity contribution is -0.129. The highest BCUT2D eigenvalue weighted by atomic mass is 32.2. The molecule has 0 saturated carbocycles. The normalized spacial score (nSPS) is 11.0. The molecule has 4 aromatic rings. The van der Waals surface area contributed by atoms with Gasteiger partial charge in [-0.2, -0.15) is 0 Å². The molecule has 0 atom stereocenters. The Balaban J connectivity index is 1.53. The number of nitrogens with zero attached hydrogens (tertiary/aromatic N) is 4. The van der Waals surface area contributed by atoms with Gasteiger partial charge in [-0.15, -0.1) is 10.2 Å². The Bertz CT molecular complexity index is 1190. The van der Waals surface area contributed by atoms with Gasteiger partial charge in [0.15, 0.2) is 11.0 Å². The summed E-state index contributed by atoms with van der Waals surface area (Å²) in [5.74, 6) is 1.82. The second-order valence-electron chi connectivity index (χ2n) is 7.92. The number of benzene rings is 2. The number of rotatable bonds is 11. The van der Waals surface area contributed by atoms with Gasteiger partial charge in [-0.3, -0.25) is 9.36 Å². The summed E-state index contributed by atoms with van der Waals surface area (Å²) in [4.78, 5) is 15.0. The number of hydrogen-bond acceptors (Lipinski definition) is 6. The van der Waals surface area contributed by atoms with E-state index in [4.69, 9.17) is 9.15 Å². The summed E-state index contributed by atoms with van der Waals surface area (Å²) in [5, 5.41) is 9.55. The lowest BCUT2D eigenvalue weighted by atomic mass is 10.1. The van der Waals surface area contributed by atoms with E-state index >= 15 is 0 Å². The SMILES string of the molecule is COCCN(Cc1ccccc1)C(=O)CSc1nnc(-c2cccc(C)c2)n1Cc1ccco1. The summed E-state index contributed by atoms with van der Waals surface area (Å²) in [6, 6.07) is 21.9. The van der Waals surface area contributed by atoms with Crippen LogP contribution in [0.5, 0.6) is 0 Å². The minimum Gasteiger partial charge on any atom is -0.467 e. The third-order valence-electron chi connectivity index (χ3n) is 5.35. The molecular weight excluding hydrogens is 448 g/mol. The molecule has 2 heterocycles. The summed E-state index contributed by atoms with van der Waals surface area (Å²) in [6.07, 6.45) is 1.65. The van der Waals surface area contributed by atoms with Crippen molar-refractivity contribution in [3.8, 4) is 11.4 Å². The van der Waals surface area contributed by atoms with Gasteiger partial charge in [0.25, 0.3) is 0 Å². The molecule has 0 spiro atoms. The van der Waals surface area contributed by atoms with E-state index in [-0.39, 0.29) is 11.7 Å². The largest absolute Gasteiger partial charge is 0.467 e. The first kappa shape index (κ1) is 23.8. The van der Waals surface area contributed by atoms with Gasteiger partial charge in [-0.1, -0.05) is 65.9 Å². The number of aromatic nitrogens is 3. The van der Waals surface area contributed by atoms with Crippen LogP contribution in [0.4, 0.5) is 0 Å². The fraction of sp³-hybridized carbons (Fsp3) is 0.269. The van der Waals surface area contributed by atoms with E-state index in [1.54, 1.807) is 13.4 Å². The van der Waals surface area contributed by atoms with Crippen LogP contribution in [0, 0.1) is 6.92 Å². The van der Waals surface area contributed by atoms with Crippen LogP contribution in [-0.4, -0.2) is 51.6 Å². The number of amides is 1. The first-order valence-electron chi connectivity index (χ1n) is 11.1. The highest BCUT2D eigenvalue weighted by molar-refractivity contribution is 7.99. The van der Waals surface area contributed by atoms with Crippen molar-refractivity contribution >= 4 is 17.7 Å². The molecule has 176 valence electrons. The Kier molecular flexibility index (Phi) is 8.17. The minimum absolute atomic E-state index is 0.0237. The molecule has 7 nitrogen and oxygen atoms in total. The van der Waals surface area contributed by atoms with Crippen LogP contribution in [0.1, 0.15) is 16.9 Å². The monoisotopic (exact) mass is 476 g/mol. The van der Waals surface area contributed by atoms with Crippen molar-refractivity contribution in [2.45, 2.75) is 25.2 Å². The molecule has 8 heteroatoms. The maximum atomic E-state index is 13.2. The molecule has 34 heavy (non-hydrogen) atoms. The number of carbonyl (C=O) groups is 1. The van der Waals surface area contributed by atoms with Gasteiger partial charge in [-0.05, 0) is 30.7 Å². The van der Waals surface area contributed by atoms with E-state index in [1.807, 2.05) is 77.1 Å². The Morgan fingerprint density at radius 2 is 1.94 bits per heavy atom. The predicted octanol–water partition coefficient (Wildman–Crippen LogP) is 4.66. The molecule has 0 aliphatic heterocycles. The van der Waals surface area contributed by atoms with Gasteiger partial charge in [0.2, 0.25) is 5.91 Å². The van der Waals surface area contributed by atoms with E-state index < -0.39 is 0 Å². The number of aryl methyl sites for hydroxylation is 1. The molecule has 0 N–H and O–H groups in total. The maximum absolute atomic E-state index is 13.2. The first-order valence-corrected chi connectivity index (χ1v) is 12.1. The summed E-state index contributed by atoms with van der Waals surface area (Å²) in [6.45, 7) is 4.08. The number of carbonyl (C=O) groups excluding carboxylic acids is 1. The highest BCUT2D eigenvalue weighted by Gasteiger charge is 2.19. The second-order valence-corrected chi connectivity index (χ2v) is 8.87. The van der Waals surface area contributed by atoms with Crippen molar-refractivity contribution in [3.05, 3.63) is 89.9 Å². The summed E-state index contributed by atoms with van der Waals surface area (Å²) < 4.78 is 12.8. The topological polar surface area (TPSA) is 73.4 Å². The number of ether oxygens (including phenoxy) is 1.